The number of aliphatic imine (C=N–C) groups is 1. The topological polar surface area (TPSA) is 38.7 Å². The smallest absolute Gasteiger partial charge is 0.349 e. The van der Waals surface area contributed by atoms with Gasteiger partial charge in [-0.2, -0.15) is 12.6 Å². The summed E-state index contributed by atoms with van der Waals surface area (Å²) in [6.45, 7) is 5.46. The standard InChI is InChI=1S/C13H17NO2S/c1-13(2,3)16-12(15)8-14-11-6-4-10(9-17)5-7-11/h4-8,17H,9H2,1-3H3. The predicted molar refractivity (Wildman–Crippen MR) is 73.1 cm³/mol. The minimum absolute atomic E-state index is 0.434. The second kappa shape index (κ2) is 5.87. The van der Waals surface area contributed by atoms with Gasteiger partial charge in [-0.3, -0.25) is 0 Å². The van der Waals surface area contributed by atoms with Gasteiger partial charge in [-0.05, 0) is 38.5 Å². The highest BCUT2D eigenvalue weighted by atomic mass is 32.1. The fraction of sp³-hybridized carbons (Fsp3) is 0.385. The number of benzene rings is 1. The summed E-state index contributed by atoms with van der Waals surface area (Å²) >= 11 is 4.16. The lowest BCUT2D eigenvalue weighted by Crippen LogP contribution is -2.24. The van der Waals surface area contributed by atoms with Crippen molar-refractivity contribution in [3.05, 3.63) is 29.8 Å². The van der Waals surface area contributed by atoms with Crippen molar-refractivity contribution < 1.29 is 9.53 Å². The normalized spacial score (nSPS) is 11.8. The van der Waals surface area contributed by atoms with Crippen molar-refractivity contribution in [2.75, 3.05) is 0 Å². The zero-order valence-electron chi connectivity index (χ0n) is 10.3. The summed E-state index contributed by atoms with van der Waals surface area (Å²) in [5.74, 6) is 0.256. The third-order valence-electron chi connectivity index (χ3n) is 1.84. The van der Waals surface area contributed by atoms with Crippen LogP contribution in [0.4, 0.5) is 5.69 Å². The van der Waals surface area contributed by atoms with Crippen molar-refractivity contribution >= 4 is 30.5 Å². The van der Waals surface area contributed by atoms with Gasteiger partial charge in [-0.25, -0.2) is 9.79 Å². The fourth-order valence-corrected chi connectivity index (χ4v) is 1.35. The molecule has 1 aromatic carbocycles. The van der Waals surface area contributed by atoms with Gasteiger partial charge in [0.15, 0.2) is 0 Å². The van der Waals surface area contributed by atoms with Crippen molar-refractivity contribution in [3.8, 4) is 0 Å². The molecule has 0 aliphatic carbocycles. The number of carbonyl (C=O) groups excluding carboxylic acids is 1. The summed E-state index contributed by atoms with van der Waals surface area (Å²) in [7, 11) is 0. The lowest BCUT2D eigenvalue weighted by Gasteiger charge is -2.17. The van der Waals surface area contributed by atoms with Crippen LogP contribution in [0.2, 0.25) is 0 Å². The van der Waals surface area contributed by atoms with Crippen LogP contribution < -0.4 is 0 Å². The molecule has 0 aromatic heterocycles. The largest absolute Gasteiger partial charge is 0.456 e. The molecule has 3 nitrogen and oxygen atoms in total. The van der Waals surface area contributed by atoms with E-state index < -0.39 is 11.6 Å². The maximum Gasteiger partial charge on any atom is 0.349 e. The molecule has 4 heteroatoms. The maximum atomic E-state index is 11.4. The lowest BCUT2D eigenvalue weighted by atomic mass is 10.2. The van der Waals surface area contributed by atoms with Gasteiger partial charge in [0.1, 0.15) is 11.8 Å². The first-order valence-corrected chi connectivity index (χ1v) is 6.01. The molecule has 0 N–H and O–H groups in total. The fourth-order valence-electron chi connectivity index (χ4n) is 1.14. The summed E-state index contributed by atoms with van der Waals surface area (Å²) < 4.78 is 5.10. The number of rotatable bonds is 3. The summed E-state index contributed by atoms with van der Waals surface area (Å²) in [6, 6.07) is 7.53. The van der Waals surface area contributed by atoms with Crippen LogP contribution in [0, 0.1) is 0 Å². The highest BCUT2D eigenvalue weighted by Gasteiger charge is 2.14. The first-order chi connectivity index (χ1) is 7.90. The number of hydrogen-bond donors (Lipinski definition) is 1. The van der Waals surface area contributed by atoms with Crippen molar-refractivity contribution in [2.45, 2.75) is 32.1 Å². The van der Waals surface area contributed by atoms with Crippen molar-refractivity contribution in [1.29, 1.82) is 0 Å². The molecule has 0 radical (unpaired) electrons. The van der Waals surface area contributed by atoms with Crippen molar-refractivity contribution in [2.24, 2.45) is 4.99 Å². The van der Waals surface area contributed by atoms with E-state index in [1.807, 2.05) is 45.0 Å². The minimum atomic E-state index is -0.487. The molecule has 0 atom stereocenters. The van der Waals surface area contributed by atoms with Crippen LogP contribution in [0.3, 0.4) is 0 Å². The molecular weight excluding hydrogens is 234 g/mol. The van der Waals surface area contributed by atoms with E-state index in [2.05, 4.69) is 17.6 Å². The Morgan fingerprint density at radius 2 is 1.94 bits per heavy atom. The number of thiol groups is 1. The van der Waals surface area contributed by atoms with Crippen LogP contribution in [-0.4, -0.2) is 17.8 Å². The van der Waals surface area contributed by atoms with Crippen LogP contribution in [-0.2, 0) is 15.3 Å². The van der Waals surface area contributed by atoms with Gasteiger partial charge in [0, 0.05) is 5.75 Å². The molecule has 0 heterocycles. The number of carbonyl (C=O) groups is 1. The van der Waals surface area contributed by atoms with Crippen molar-refractivity contribution in [1.82, 2.24) is 0 Å². The van der Waals surface area contributed by atoms with E-state index in [0.717, 1.165) is 11.3 Å². The quantitative estimate of drug-likeness (QED) is 0.509. The SMILES string of the molecule is CC(C)(C)OC(=O)C=Nc1ccc(CS)cc1. The molecule has 0 bridgehead atoms. The minimum Gasteiger partial charge on any atom is -0.456 e. The maximum absolute atomic E-state index is 11.4. The molecule has 0 spiro atoms. The zero-order valence-corrected chi connectivity index (χ0v) is 11.2. The summed E-state index contributed by atoms with van der Waals surface area (Å²) in [4.78, 5) is 15.4. The summed E-state index contributed by atoms with van der Waals surface area (Å²) in [5.41, 5.74) is 1.35. The van der Waals surface area contributed by atoms with E-state index in [4.69, 9.17) is 4.74 Å². The monoisotopic (exact) mass is 251 g/mol. The van der Waals surface area contributed by atoms with Gasteiger partial charge >= 0.3 is 5.97 Å². The molecule has 0 unspecified atom stereocenters. The number of esters is 1. The van der Waals surface area contributed by atoms with E-state index in [0.29, 0.717) is 5.75 Å². The van der Waals surface area contributed by atoms with Crippen LogP contribution in [0.5, 0.6) is 0 Å². The Balaban J connectivity index is 2.61. The molecule has 0 saturated carbocycles. The molecular formula is C13H17NO2S. The molecule has 0 amide bonds. The van der Waals surface area contributed by atoms with Gasteiger partial charge in [0.25, 0.3) is 0 Å². The second-order valence-electron chi connectivity index (χ2n) is 4.62. The third-order valence-corrected chi connectivity index (χ3v) is 2.21. The van der Waals surface area contributed by atoms with Crippen LogP contribution >= 0.6 is 12.6 Å². The summed E-state index contributed by atoms with van der Waals surface area (Å²) in [5, 5.41) is 0. The number of nitrogens with zero attached hydrogens (tertiary/aromatic N) is 1. The van der Waals surface area contributed by atoms with Crippen LogP contribution in [0.15, 0.2) is 29.3 Å². The van der Waals surface area contributed by atoms with E-state index in [-0.39, 0.29) is 0 Å². The second-order valence-corrected chi connectivity index (χ2v) is 4.93. The Morgan fingerprint density at radius 3 is 2.41 bits per heavy atom. The van der Waals surface area contributed by atoms with Gasteiger partial charge in [-0.15, -0.1) is 0 Å². The molecule has 0 aliphatic rings. The Kier molecular flexibility index (Phi) is 4.75. The number of ether oxygens (including phenoxy) is 1. The third kappa shape index (κ3) is 5.54. The Morgan fingerprint density at radius 1 is 1.35 bits per heavy atom. The first-order valence-electron chi connectivity index (χ1n) is 5.37. The average Bonchev–Trinajstić information content (AvgIpc) is 2.25. The summed E-state index contributed by atoms with van der Waals surface area (Å²) in [6.07, 6.45) is 1.20. The number of hydrogen-bond acceptors (Lipinski definition) is 4. The lowest BCUT2D eigenvalue weighted by molar-refractivity contribution is -0.145. The average molecular weight is 251 g/mol. The van der Waals surface area contributed by atoms with E-state index in [9.17, 15) is 4.79 Å². The Labute approximate surface area is 107 Å². The van der Waals surface area contributed by atoms with Gasteiger partial charge in [0.05, 0.1) is 5.69 Å². The molecule has 17 heavy (non-hydrogen) atoms. The Bertz CT molecular complexity index is 404. The predicted octanol–water partition coefficient (Wildman–Crippen LogP) is 3.16. The van der Waals surface area contributed by atoms with Gasteiger partial charge in [0.2, 0.25) is 0 Å². The van der Waals surface area contributed by atoms with E-state index in [1.54, 1.807) is 0 Å². The van der Waals surface area contributed by atoms with E-state index >= 15 is 0 Å². The Hall–Kier alpha value is -1.29. The zero-order chi connectivity index (χ0) is 12.9. The molecule has 1 rings (SSSR count). The first kappa shape index (κ1) is 13.8. The molecule has 1 aromatic rings. The van der Waals surface area contributed by atoms with Crippen LogP contribution in [0.1, 0.15) is 26.3 Å². The molecule has 0 saturated heterocycles. The van der Waals surface area contributed by atoms with E-state index in [1.165, 1.54) is 6.21 Å². The molecule has 92 valence electrons. The van der Waals surface area contributed by atoms with Gasteiger partial charge in [-0.1, -0.05) is 12.1 Å². The highest BCUT2D eigenvalue weighted by Crippen LogP contribution is 2.14. The molecule has 0 fully saturated rings. The highest BCUT2D eigenvalue weighted by molar-refractivity contribution is 7.79. The van der Waals surface area contributed by atoms with Crippen LogP contribution in [0.25, 0.3) is 0 Å². The van der Waals surface area contributed by atoms with Gasteiger partial charge < -0.3 is 4.74 Å². The van der Waals surface area contributed by atoms with Crippen molar-refractivity contribution in [3.63, 3.8) is 0 Å². The molecule has 0 aliphatic heterocycles.